The fourth-order valence-electron chi connectivity index (χ4n) is 5.70. The van der Waals surface area contributed by atoms with Gasteiger partial charge < -0.3 is 25.3 Å². The largest absolute Gasteiger partial charge is 0.495 e. The second kappa shape index (κ2) is 12.1. The van der Waals surface area contributed by atoms with Crippen molar-refractivity contribution in [2.45, 2.75) is 18.8 Å². The number of halogens is 1. The van der Waals surface area contributed by atoms with E-state index in [1.54, 1.807) is 32.8 Å². The number of rotatable bonds is 8. The maximum atomic E-state index is 13.4. The summed E-state index contributed by atoms with van der Waals surface area (Å²) in [5.74, 6) is 2.02. The minimum Gasteiger partial charge on any atom is -0.495 e. The summed E-state index contributed by atoms with van der Waals surface area (Å²) < 4.78 is 21.8. The van der Waals surface area contributed by atoms with Crippen LogP contribution in [0.15, 0.2) is 65.7 Å². The van der Waals surface area contributed by atoms with E-state index >= 15 is 0 Å². The third-order valence-electron chi connectivity index (χ3n) is 7.70. The van der Waals surface area contributed by atoms with Gasteiger partial charge in [0.2, 0.25) is 5.95 Å². The number of piperidine rings is 1. The highest BCUT2D eigenvalue weighted by Crippen LogP contribution is 2.43. The van der Waals surface area contributed by atoms with Crippen molar-refractivity contribution in [1.29, 1.82) is 0 Å². The lowest BCUT2D eigenvalue weighted by Crippen LogP contribution is -2.27. The van der Waals surface area contributed by atoms with Crippen LogP contribution >= 0.6 is 23.1 Å². The molecule has 5 aromatic rings. The van der Waals surface area contributed by atoms with Gasteiger partial charge in [0, 0.05) is 35.7 Å². The number of hydrogen-bond acceptors (Lipinski definition) is 9. The van der Waals surface area contributed by atoms with Crippen molar-refractivity contribution in [3.05, 3.63) is 71.2 Å². The Bertz CT molecular complexity index is 1850. The second-order valence-corrected chi connectivity index (χ2v) is 15.1. The summed E-state index contributed by atoms with van der Waals surface area (Å²) in [4.78, 5) is 13.9. The van der Waals surface area contributed by atoms with Crippen molar-refractivity contribution in [1.82, 2.24) is 30.0 Å². The van der Waals surface area contributed by atoms with Gasteiger partial charge >= 0.3 is 0 Å². The second-order valence-electron chi connectivity index (χ2n) is 11.1. The molecule has 10 nitrogen and oxygen atoms in total. The number of methoxy groups -OCH3 is 1. The number of nitrogens with one attached hydrogen (secondary N) is 3. The zero-order chi connectivity index (χ0) is 30.1. The number of nitrogens with zero attached hydrogens (tertiary/aromatic N) is 5. The molecule has 3 aromatic heterocycles. The van der Waals surface area contributed by atoms with Crippen molar-refractivity contribution >= 4 is 62.4 Å². The van der Waals surface area contributed by atoms with Gasteiger partial charge in [-0.3, -0.25) is 9.67 Å². The first-order chi connectivity index (χ1) is 20.7. The lowest BCUT2D eigenvalue weighted by molar-refractivity contribution is 0.413. The van der Waals surface area contributed by atoms with E-state index < -0.39 is 7.14 Å². The normalized spacial score (nSPS) is 14.2. The van der Waals surface area contributed by atoms with Gasteiger partial charge in [0.25, 0.3) is 0 Å². The molecule has 3 N–H and O–H groups in total. The fraction of sp³-hybridized carbons (Fsp3) is 0.290. The van der Waals surface area contributed by atoms with Crippen LogP contribution in [0, 0.1) is 0 Å². The number of hydrogen-bond donors (Lipinski definition) is 3. The molecule has 0 saturated carbocycles. The van der Waals surface area contributed by atoms with Crippen LogP contribution in [0.25, 0.3) is 22.0 Å². The van der Waals surface area contributed by atoms with E-state index in [9.17, 15) is 4.57 Å². The third kappa shape index (κ3) is 6.16. The van der Waals surface area contributed by atoms with Crippen molar-refractivity contribution in [2.24, 2.45) is 7.05 Å². The first-order valence-corrected chi connectivity index (χ1v) is 17.5. The third-order valence-corrected chi connectivity index (χ3v) is 9.83. The first kappa shape index (κ1) is 29.3. The monoisotopic (exact) mass is 660 g/mol. The van der Waals surface area contributed by atoms with Gasteiger partial charge in [-0.1, -0.05) is 18.2 Å². The minimum absolute atomic E-state index is 0.377. The molecule has 222 valence electrons. The van der Waals surface area contributed by atoms with Crippen molar-refractivity contribution in [3.8, 4) is 16.9 Å². The standard InChI is InChI=1S/C31H34BrN8O2P/c1-40-18-20(15-36-40)22-13-26(28(42-2)14-23(22)19-9-11-33-12-10-19)38-31-35-16-24(32)30(39-31)37-27-17-34-25-8-6-5-7-21(25)29(27)43(3,4)41/h5-8,13-19,33H,9-12H2,1-4H3,(H2,35,37,38,39). The fourth-order valence-corrected chi connectivity index (χ4v) is 7.46. The molecule has 0 atom stereocenters. The number of aryl methyl sites for hydroxylation is 1. The summed E-state index contributed by atoms with van der Waals surface area (Å²) in [6, 6.07) is 12.0. The summed E-state index contributed by atoms with van der Waals surface area (Å²) in [6.07, 6.45) is 9.43. The number of pyridine rings is 1. The van der Waals surface area contributed by atoms with E-state index in [-0.39, 0.29) is 0 Å². The SMILES string of the molecule is COc1cc(C2CCNCC2)c(-c2cnn(C)c2)cc1Nc1ncc(Br)c(Nc2cnc3ccccc3c2P(C)(C)=O)n1. The molecule has 0 amide bonds. The van der Waals surface area contributed by atoms with Crippen LogP contribution in [0.4, 0.5) is 23.1 Å². The number of ether oxygens (including phenoxy) is 1. The molecule has 4 heterocycles. The molecule has 43 heavy (non-hydrogen) atoms. The molecule has 1 aliphatic rings. The van der Waals surface area contributed by atoms with Gasteiger partial charge in [0.15, 0.2) is 0 Å². The molecule has 1 fully saturated rings. The number of aromatic nitrogens is 5. The maximum absolute atomic E-state index is 13.4. The van der Waals surface area contributed by atoms with E-state index in [0.717, 1.165) is 59.0 Å². The summed E-state index contributed by atoms with van der Waals surface area (Å²) in [7, 11) is 0.914. The molecular weight excluding hydrogens is 627 g/mol. The molecule has 1 aliphatic heterocycles. The molecular formula is C31H34BrN8O2P. The smallest absolute Gasteiger partial charge is 0.229 e. The van der Waals surface area contributed by atoms with Crippen LogP contribution in [0.3, 0.4) is 0 Å². The molecule has 0 aliphatic carbocycles. The Morgan fingerprint density at radius 2 is 1.84 bits per heavy atom. The molecule has 12 heteroatoms. The number of benzene rings is 2. The van der Waals surface area contributed by atoms with Gasteiger partial charge in [-0.15, -0.1) is 0 Å². The van der Waals surface area contributed by atoms with Crippen molar-refractivity contribution < 1.29 is 9.30 Å². The zero-order valence-electron chi connectivity index (χ0n) is 24.6. The van der Waals surface area contributed by atoms with E-state index in [0.29, 0.717) is 33.6 Å². The predicted molar refractivity (Wildman–Crippen MR) is 177 cm³/mol. The van der Waals surface area contributed by atoms with Gasteiger partial charge in [0.05, 0.1) is 40.9 Å². The molecule has 0 spiro atoms. The van der Waals surface area contributed by atoms with Gasteiger partial charge in [-0.05, 0) is 90.4 Å². The van der Waals surface area contributed by atoms with Gasteiger partial charge in [-0.2, -0.15) is 10.1 Å². The van der Waals surface area contributed by atoms with Crippen LogP contribution in [0.2, 0.25) is 0 Å². The molecule has 0 unspecified atom stereocenters. The Labute approximate surface area is 259 Å². The van der Waals surface area contributed by atoms with E-state index in [4.69, 9.17) is 9.72 Å². The summed E-state index contributed by atoms with van der Waals surface area (Å²) in [6.45, 7) is 5.51. The molecule has 2 aromatic carbocycles. The molecule has 0 bridgehead atoms. The van der Waals surface area contributed by atoms with Crippen LogP contribution in [-0.2, 0) is 11.6 Å². The minimum atomic E-state index is -2.68. The molecule has 1 saturated heterocycles. The van der Waals surface area contributed by atoms with E-state index in [1.165, 1.54) is 5.56 Å². The topological polar surface area (TPSA) is 119 Å². The molecule has 6 rings (SSSR count). The maximum Gasteiger partial charge on any atom is 0.229 e. The van der Waals surface area contributed by atoms with Gasteiger partial charge in [0.1, 0.15) is 18.7 Å². The highest BCUT2D eigenvalue weighted by molar-refractivity contribution is 9.10. The Balaban J connectivity index is 1.38. The summed E-state index contributed by atoms with van der Waals surface area (Å²) in [5, 5.41) is 16.2. The number of para-hydroxylation sites is 1. The van der Waals surface area contributed by atoms with Crippen LogP contribution < -0.4 is 26.0 Å². The Kier molecular flexibility index (Phi) is 8.22. The highest BCUT2D eigenvalue weighted by atomic mass is 79.9. The van der Waals surface area contributed by atoms with Crippen molar-refractivity contribution in [3.63, 3.8) is 0 Å². The average Bonchev–Trinajstić information content (AvgIpc) is 3.44. The van der Waals surface area contributed by atoms with Crippen LogP contribution in [0.5, 0.6) is 5.75 Å². The lowest BCUT2D eigenvalue weighted by atomic mass is 9.85. The number of anilines is 4. The zero-order valence-corrected chi connectivity index (χ0v) is 27.0. The van der Waals surface area contributed by atoms with Crippen LogP contribution in [-0.4, -0.2) is 58.3 Å². The molecule has 0 radical (unpaired) electrons. The first-order valence-electron chi connectivity index (χ1n) is 14.1. The average molecular weight is 662 g/mol. The Morgan fingerprint density at radius 3 is 2.56 bits per heavy atom. The Hall–Kier alpha value is -3.79. The summed E-state index contributed by atoms with van der Waals surface area (Å²) >= 11 is 3.58. The van der Waals surface area contributed by atoms with Gasteiger partial charge in [-0.25, -0.2) is 4.98 Å². The lowest BCUT2D eigenvalue weighted by Gasteiger charge is -2.26. The van der Waals surface area contributed by atoms with Crippen LogP contribution in [0.1, 0.15) is 24.3 Å². The predicted octanol–water partition coefficient (Wildman–Crippen LogP) is 6.40. The Morgan fingerprint density at radius 1 is 1.05 bits per heavy atom. The quantitative estimate of drug-likeness (QED) is 0.162. The van der Waals surface area contributed by atoms with E-state index in [2.05, 4.69) is 59.1 Å². The van der Waals surface area contributed by atoms with Crippen molar-refractivity contribution in [2.75, 3.05) is 44.2 Å². The number of fused-ring (bicyclic) bond motifs is 1. The van der Waals surface area contributed by atoms with E-state index in [1.807, 2.05) is 48.4 Å². The highest BCUT2D eigenvalue weighted by Gasteiger charge is 2.24. The summed E-state index contributed by atoms with van der Waals surface area (Å²) in [5.41, 5.74) is 5.57.